The molecule has 1 aromatic heterocycles. The van der Waals surface area contributed by atoms with E-state index >= 15 is 0 Å². The molecule has 6 heteroatoms. The summed E-state index contributed by atoms with van der Waals surface area (Å²) in [7, 11) is 0. The number of aliphatic imine (C=N–C) groups is 1. The van der Waals surface area contributed by atoms with Gasteiger partial charge in [0.05, 0.1) is 3.79 Å². The minimum Gasteiger partial charge on any atom is -0.370 e. The van der Waals surface area contributed by atoms with E-state index in [4.69, 9.17) is 5.73 Å². The van der Waals surface area contributed by atoms with Gasteiger partial charge in [-0.25, -0.2) is 0 Å². The highest BCUT2D eigenvalue weighted by Crippen LogP contribution is 2.22. The second kappa shape index (κ2) is 8.46. The third kappa shape index (κ3) is 5.59. The van der Waals surface area contributed by atoms with Crippen LogP contribution in [0.25, 0.3) is 0 Å². The Bertz CT molecular complexity index is 422. The third-order valence-electron chi connectivity index (χ3n) is 3.24. The number of hydrogen-bond donors (Lipinski definition) is 1. The van der Waals surface area contributed by atoms with Gasteiger partial charge in [0, 0.05) is 30.9 Å². The average molecular weight is 458 g/mol. The summed E-state index contributed by atoms with van der Waals surface area (Å²) in [5.74, 6) is 1.46. The fourth-order valence-electron chi connectivity index (χ4n) is 2.26. The number of nitrogens with zero attached hydrogens (tertiary/aromatic N) is 2. The smallest absolute Gasteiger partial charge is 0.191 e. The molecule has 108 valence electrons. The molecule has 1 aliphatic rings. The number of rotatable bonds is 3. The number of piperidine rings is 1. The van der Waals surface area contributed by atoms with Crippen molar-refractivity contribution < 1.29 is 0 Å². The van der Waals surface area contributed by atoms with Crippen molar-refractivity contribution in [2.75, 3.05) is 19.6 Å². The van der Waals surface area contributed by atoms with Crippen LogP contribution in [0.4, 0.5) is 0 Å². The molecule has 2 N–H and O–H groups in total. The van der Waals surface area contributed by atoms with Crippen molar-refractivity contribution in [2.45, 2.75) is 26.2 Å². The van der Waals surface area contributed by atoms with Gasteiger partial charge in [-0.2, -0.15) is 0 Å². The molecule has 0 amide bonds. The van der Waals surface area contributed by atoms with E-state index in [0.29, 0.717) is 0 Å². The Morgan fingerprint density at radius 2 is 2.37 bits per heavy atom. The molecule has 1 atom stereocenters. The van der Waals surface area contributed by atoms with Crippen molar-refractivity contribution in [3.63, 3.8) is 0 Å². The van der Waals surface area contributed by atoms with Gasteiger partial charge in [-0.1, -0.05) is 6.92 Å². The van der Waals surface area contributed by atoms with Crippen molar-refractivity contribution in [3.05, 3.63) is 20.8 Å². The van der Waals surface area contributed by atoms with Crippen LogP contribution >= 0.6 is 51.2 Å². The number of halogens is 2. The highest BCUT2D eigenvalue weighted by atomic mass is 127. The summed E-state index contributed by atoms with van der Waals surface area (Å²) in [6.45, 7) is 5.18. The van der Waals surface area contributed by atoms with Crippen LogP contribution in [0.15, 0.2) is 20.9 Å². The zero-order valence-electron chi connectivity index (χ0n) is 11.1. The highest BCUT2D eigenvalue weighted by molar-refractivity contribution is 14.0. The zero-order chi connectivity index (χ0) is 13.0. The first-order chi connectivity index (χ1) is 8.65. The quantitative estimate of drug-likeness (QED) is 0.427. The summed E-state index contributed by atoms with van der Waals surface area (Å²) in [5.41, 5.74) is 6.05. The summed E-state index contributed by atoms with van der Waals surface area (Å²) in [4.78, 5) is 8.07. The van der Waals surface area contributed by atoms with Gasteiger partial charge in [-0.05, 0) is 46.8 Å². The molecule has 2 heterocycles. The minimum absolute atomic E-state index is 0. The summed E-state index contributed by atoms with van der Waals surface area (Å²) in [6, 6.07) is 4.23. The van der Waals surface area contributed by atoms with E-state index in [9.17, 15) is 0 Å². The van der Waals surface area contributed by atoms with Crippen LogP contribution in [0.2, 0.25) is 0 Å². The van der Waals surface area contributed by atoms with Gasteiger partial charge < -0.3 is 10.6 Å². The summed E-state index contributed by atoms with van der Waals surface area (Å²) in [5, 5.41) is 0. The second-order valence-corrected chi connectivity index (χ2v) is 7.44. The Labute approximate surface area is 144 Å². The first-order valence-corrected chi connectivity index (χ1v) is 8.05. The maximum absolute atomic E-state index is 6.05. The van der Waals surface area contributed by atoms with Crippen LogP contribution in [0.1, 0.15) is 24.6 Å². The molecule has 2 rings (SSSR count). The van der Waals surface area contributed by atoms with Gasteiger partial charge in [-0.15, -0.1) is 35.3 Å². The van der Waals surface area contributed by atoms with Crippen LogP contribution in [-0.2, 0) is 6.42 Å². The van der Waals surface area contributed by atoms with Gasteiger partial charge in [-0.3, -0.25) is 4.99 Å². The van der Waals surface area contributed by atoms with Gasteiger partial charge >= 0.3 is 0 Å². The second-order valence-electron chi connectivity index (χ2n) is 4.89. The lowest BCUT2D eigenvalue weighted by atomic mass is 10.0. The van der Waals surface area contributed by atoms with E-state index in [1.54, 1.807) is 11.3 Å². The highest BCUT2D eigenvalue weighted by Gasteiger charge is 2.17. The summed E-state index contributed by atoms with van der Waals surface area (Å²) < 4.78 is 1.18. The van der Waals surface area contributed by atoms with Gasteiger partial charge in [0.15, 0.2) is 5.96 Å². The van der Waals surface area contributed by atoms with Crippen LogP contribution in [0.3, 0.4) is 0 Å². The fraction of sp³-hybridized carbons (Fsp3) is 0.615. The van der Waals surface area contributed by atoms with E-state index in [1.807, 2.05) is 0 Å². The molecule has 0 spiro atoms. The topological polar surface area (TPSA) is 41.6 Å². The molecule has 0 saturated carbocycles. The third-order valence-corrected chi connectivity index (χ3v) is 4.93. The van der Waals surface area contributed by atoms with Gasteiger partial charge in [0.25, 0.3) is 0 Å². The molecule has 19 heavy (non-hydrogen) atoms. The standard InChI is InChI=1S/C13H20BrN3S.HI/c1-10-3-2-8-17(9-10)13(15)16-7-6-11-4-5-12(14)18-11;/h4-5,10H,2-3,6-9H2,1H3,(H2,15,16);1H. The number of likely N-dealkylation sites (tertiary alicyclic amines) is 1. The van der Waals surface area contributed by atoms with Crippen LogP contribution in [0.5, 0.6) is 0 Å². The van der Waals surface area contributed by atoms with Gasteiger partial charge in [0.1, 0.15) is 0 Å². The molecular formula is C13H21BrIN3S. The van der Waals surface area contributed by atoms with E-state index in [1.165, 1.54) is 21.5 Å². The minimum atomic E-state index is 0. The van der Waals surface area contributed by atoms with Crippen LogP contribution in [0, 0.1) is 5.92 Å². The largest absolute Gasteiger partial charge is 0.370 e. The summed E-state index contributed by atoms with van der Waals surface area (Å²) in [6.07, 6.45) is 3.52. The molecule has 0 bridgehead atoms. The predicted octanol–water partition coefficient (Wildman–Crippen LogP) is 3.72. The molecule has 1 aliphatic heterocycles. The molecular weight excluding hydrogens is 437 g/mol. The molecule has 1 aromatic rings. The fourth-order valence-corrected chi connectivity index (χ4v) is 3.74. The lowest BCUT2D eigenvalue weighted by Crippen LogP contribution is -2.43. The molecule has 3 nitrogen and oxygen atoms in total. The Morgan fingerprint density at radius 1 is 1.58 bits per heavy atom. The first kappa shape index (κ1) is 17.2. The Morgan fingerprint density at radius 3 is 3.00 bits per heavy atom. The van der Waals surface area contributed by atoms with Crippen molar-refractivity contribution in [3.8, 4) is 0 Å². The van der Waals surface area contributed by atoms with Crippen molar-refractivity contribution in [2.24, 2.45) is 16.6 Å². The molecule has 0 aromatic carbocycles. The average Bonchev–Trinajstić information content (AvgIpc) is 2.75. The molecule has 1 saturated heterocycles. The maximum atomic E-state index is 6.05. The summed E-state index contributed by atoms with van der Waals surface area (Å²) >= 11 is 5.24. The molecule has 1 unspecified atom stereocenters. The van der Waals surface area contributed by atoms with Crippen molar-refractivity contribution in [1.82, 2.24) is 4.90 Å². The SMILES string of the molecule is CC1CCCN(C(N)=NCCc2ccc(Br)s2)C1.I. The molecule has 0 radical (unpaired) electrons. The van der Waals surface area contributed by atoms with Crippen LogP contribution < -0.4 is 5.73 Å². The normalized spacial score (nSPS) is 20.2. The number of thiophene rings is 1. The Balaban J connectivity index is 0.00000180. The Hall–Kier alpha value is 0.180. The van der Waals surface area contributed by atoms with E-state index < -0.39 is 0 Å². The lowest BCUT2D eigenvalue weighted by Gasteiger charge is -2.31. The zero-order valence-corrected chi connectivity index (χ0v) is 15.9. The molecule has 0 aliphatic carbocycles. The van der Waals surface area contributed by atoms with Crippen molar-refractivity contribution in [1.29, 1.82) is 0 Å². The van der Waals surface area contributed by atoms with Crippen LogP contribution in [-0.4, -0.2) is 30.5 Å². The first-order valence-electron chi connectivity index (χ1n) is 6.44. The maximum Gasteiger partial charge on any atom is 0.191 e. The molecule has 1 fully saturated rings. The number of hydrogen-bond acceptors (Lipinski definition) is 2. The number of guanidine groups is 1. The Kier molecular flexibility index (Phi) is 7.68. The lowest BCUT2D eigenvalue weighted by molar-refractivity contribution is 0.270. The van der Waals surface area contributed by atoms with E-state index in [0.717, 1.165) is 37.9 Å². The van der Waals surface area contributed by atoms with E-state index in [-0.39, 0.29) is 24.0 Å². The predicted molar refractivity (Wildman–Crippen MR) is 97.6 cm³/mol. The van der Waals surface area contributed by atoms with E-state index in [2.05, 4.69) is 44.9 Å². The number of nitrogens with two attached hydrogens (primary N) is 1. The monoisotopic (exact) mass is 457 g/mol. The van der Waals surface area contributed by atoms with Crippen molar-refractivity contribution >= 4 is 57.2 Å². The van der Waals surface area contributed by atoms with Gasteiger partial charge in [0.2, 0.25) is 0 Å².